The summed E-state index contributed by atoms with van der Waals surface area (Å²) in [5.41, 5.74) is -0.527. The summed E-state index contributed by atoms with van der Waals surface area (Å²) in [6, 6.07) is 0. The van der Waals surface area contributed by atoms with Gasteiger partial charge in [0.1, 0.15) is 11.4 Å². The lowest BCUT2D eigenvalue weighted by atomic mass is 10.0. The maximum Gasteiger partial charge on any atom is 0.328 e. The summed E-state index contributed by atoms with van der Waals surface area (Å²) in [7, 11) is 1.68. The van der Waals surface area contributed by atoms with Gasteiger partial charge in [0.25, 0.3) is 0 Å². The van der Waals surface area contributed by atoms with Gasteiger partial charge in [0, 0.05) is 19.4 Å². The number of hydrogen-bond acceptors (Lipinski definition) is 5. The molecule has 2 aromatic heterocycles. The largest absolute Gasteiger partial charge is 0.480 e. The summed E-state index contributed by atoms with van der Waals surface area (Å²) in [6.45, 7) is 5.06. The number of carboxylic acids is 1. The molecule has 0 bridgehead atoms. The maximum atomic E-state index is 11.3. The van der Waals surface area contributed by atoms with E-state index in [9.17, 15) is 9.90 Å². The van der Waals surface area contributed by atoms with Crippen molar-refractivity contribution in [2.45, 2.75) is 26.3 Å². The lowest BCUT2D eigenvalue weighted by molar-refractivity contribution is -0.142. The Morgan fingerprint density at radius 1 is 1.44 bits per heavy atom. The highest BCUT2D eigenvalue weighted by Crippen LogP contribution is 2.23. The molecule has 2 aromatic rings. The second-order valence-corrected chi connectivity index (χ2v) is 4.61. The van der Waals surface area contributed by atoms with Crippen molar-refractivity contribution in [1.29, 1.82) is 0 Å². The highest BCUT2D eigenvalue weighted by atomic mass is 16.4. The molecule has 7 nitrogen and oxygen atoms in total. The van der Waals surface area contributed by atoms with Gasteiger partial charge < -0.3 is 10.0 Å². The average Bonchev–Trinajstić information content (AvgIpc) is 2.70. The Hall–Kier alpha value is -2.18. The fourth-order valence-corrected chi connectivity index (χ4v) is 1.57. The Labute approximate surface area is 104 Å². The molecule has 0 radical (unpaired) electrons. The predicted molar refractivity (Wildman–Crippen MR) is 65.6 cm³/mol. The number of aryl methyl sites for hydroxylation is 1. The van der Waals surface area contributed by atoms with Crippen molar-refractivity contribution >= 4 is 17.4 Å². The topological polar surface area (TPSA) is 83.6 Å². The van der Waals surface area contributed by atoms with E-state index in [0.717, 1.165) is 5.82 Å². The third-order valence-corrected chi connectivity index (χ3v) is 3.16. The molecular formula is C11H15N5O2. The van der Waals surface area contributed by atoms with Crippen molar-refractivity contribution in [3.05, 3.63) is 18.2 Å². The van der Waals surface area contributed by atoms with Crippen LogP contribution in [-0.2, 0) is 4.79 Å². The lowest BCUT2D eigenvalue weighted by Crippen LogP contribution is -2.48. The first-order valence-electron chi connectivity index (χ1n) is 5.49. The highest BCUT2D eigenvalue weighted by molar-refractivity contribution is 5.83. The second-order valence-electron chi connectivity index (χ2n) is 4.61. The molecule has 0 aliphatic rings. The quantitative estimate of drug-likeness (QED) is 0.863. The Morgan fingerprint density at radius 2 is 2.11 bits per heavy atom. The number of anilines is 1. The third-order valence-electron chi connectivity index (χ3n) is 3.16. The molecule has 0 amide bonds. The fourth-order valence-electron chi connectivity index (χ4n) is 1.57. The van der Waals surface area contributed by atoms with E-state index in [1.807, 2.05) is 6.92 Å². The maximum absolute atomic E-state index is 11.3. The SMILES string of the molecule is Cc1nnc2c(N(C)C(C)(C)C(=O)O)nccn12. The van der Waals surface area contributed by atoms with Crippen LogP contribution in [0.3, 0.4) is 0 Å². The monoisotopic (exact) mass is 249 g/mol. The van der Waals surface area contributed by atoms with Crippen LogP contribution in [0.15, 0.2) is 12.4 Å². The van der Waals surface area contributed by atoms with E-state index in [1.54, 1.807) is 42.6 Å². The van der Waals surface area contributed by atoms with Crippen LogP contribution in [-0.4, -0.2) is 43.2 Å². The van der Waals surface area contributed by atoms with Crippen molar-refractivity contribution in [3.63, 3.8) is 0 Å². The number of likely N-dealkylation sites (N-methyl/N-ethyl adjacent to an activating group) is 1. The zero-order valence-corrected chi connectivity index (χ0v) is 10.7. The predicted octanol–water partition coefficient (Wildman–Crippen LogP) is 0.732. The molecule has 0 aliphatic heterocycles. The van der Waals surface area contributed by atoms with Crippen molar-refractivity contribution in [3.8, 4) is 0 Å². The average molecular weight is 249 g/mol. The number of carbonyl (C=O) groups is 1. The van der Waals surface area contributed by atoms with Crippen LogP contribution in [0.5, 0.6) is 0 Å². The van der Waals surface area contributed by atoms with Crippen molar-refractivity contribution in [2.24, 2.45) is 0 Å². The highest BCUT2D eigenvalue weighted by Gasteiger charge is 2.34. The second kappa shape index (κ2) is 3.94. The van der Waals surface area contributed by atoms with E-state index in [2.05, 4.69) is 15.2 Å². The molecular weight excluding hydrogens is 234 g/mol. The molecule has 0 unspecified atom stereocenters. The number of aromatic nitrogens is 4. The number of aliphatic carboxylic acids is 1. The summed E-state index contributed by atoms with van der Waals surface area (Å²) in [4.78, 5) is 17.1. The summed E-state index contributed by atoms with van der Waals surface area (Å²) in [6.07, 6.45) is 3.35. The first-order valence-corrected chi connectivity index (χ1v) is 5.49. The van der Waals surface area contributed by atoms with Gasteiger partial charge in [-0.2, -0.15) is 0 Å². The Morgan fingerprint density at radius 3 is 2.72 bits per heavy atom. The Balaban J connectivity index is 2.58. The minimum atomic E-state index is -1.07. The van der Waals surface area contributed by atoms with E-state index in [1.165, 1.54) is 0 Å². The van der Waals surface area contributed by atoms with Crippen LogP contribution < -0.4 is 4.90 Å². The van der Waals surface area contributed by atoms with Gasteiger partial charge in [-0.3, -0.25) is 4.40 Å². The molecule has 0 aliphatic carbocycles. The van der Waals surface area contributed by atoms with Crippen LogP contribution in [0.25, 0.3) is 5.65 Å². The molecule has 96 valence electrons. The van der Waals surface area contributed by atoms with E-state index < -0.39 is 11.5 Å². The van der Waals surface area contributed by atoms with Gasteiger partial charge in [0.15, 0.2) is 5.82 Å². The molecule has 0 spiro atoms. The van der Waals surface area contributed by atoms with Gasteiger partial charge in [0.2, 0.25) is 5.65 Å². The van der Waals surface area contributed by atoms with Gasteiger partial charge in [-0.1, -0.05) is 0 Å². The Bertz CT molecular complexity index is 604. The Kier molecular flexibility index (Phi) is 2.68. The number of carboxylic acid groups (broad SMARTS) is 1. The zero-order valence-electron chi connectivity index (χ0n) is 10.7. The molecule has 0 aromatic carbocycles. The molecule has 0 fully saturated rings. The fraction of sp³-hybridized carbons (Fsp3) is 0.455. The normalized spacial score (nSPS) is 11.8. The van der Waals surface area contributed by atoms with E-state index in [-0.39, 0.29) is 0 Å². The minimum Gasteiger partial charge on any atom is -0.480 e. The molecule has 2 rings (SSSR count). The van der Waals surface area contributed by atoms with E-state index in [0.29, 0.717) is 11.5 Å². The van der Waals surface area contributed by atoms with Crippen molar-refractivity contribution < 1.29 is 9.90 Å². The van der Waals surface area contributed by atoms with Crippen LogP contribution in [0.1, 0.15) is 19.7 Å². The molecule has 0 atom stereocenters. The summed E-state index contributed by atoms with van der Waals surface area (Å²) < 4.78 is 1.77. The summed E-state index contributed by atoms with van der Waals surface area (Å²) in [5.74, 6) is 0.297. The number of fused-ring (bicyclic) bond motifs is 1. The number of rotatable bonds is 3. The third kappa shape index (κ3) is 1.68. The first kappa shape index (κ1) is 12.3. The van der Waals surface area contributed by atoms with Gasteiger partial charge >= 0.3 is 5.97 Å². The molecule has 18 heavy (non-hydrogen) atoms. The first-order chi connectivity index (χ1) is 8.35. The van der Waals surface area contributed by atoms with Gasteiger partial charge in [-0.05, 0) is 20.8 Å². The zero-order chi connectivity index (χ0) is 13.5. The summed E-state index contributed by atoms with van der Waals surface area (Å²) >= 11 is 0. The molecule has 1 N–H and O–H groups in total. The number of nitrogens with zero attached hydrogens (tertiary/aromatic N) is 5. The van der Waals surface area contributed by atoms with Crippen LogP contribution in [0, 0.1) is 6.92 Å². The lowest BCUT2D eigenvalue weighted by Gasteiger charge is -2.32. The minimum absolute atomic E-state index is 0.491. The van der Waals surface area contributed by atoms with Crippen molar-refractivity contribution in [1.82, 2.24) is 19.6 Å². The molecule has 0 saturated carbocycles. The van der Waals surface area contributed by atoms with E-state index in [4.69, 9.17) is 0 Å². The van der Waals surface area contributed by atoms with Crippen molar-refractivity contribution in [2.75, 3.05) is 11.9 Å². The smallest absolute Gasteiger partial charge is 0.328 e. The summed E-state index contributed by atoms with van der Waals surface area (Å²) in [5, 5.41) is 17.2. The van der Waals surface area contributed by atoms with E-state index >= 15 is 0 Å². The molecule has 7 heteroatoms. The van der Waals surface area contributed by atoms with Gasteiger partial charge in [-0.25, -0.2) is 9.78 Å². The van der Waals surface area contributed by atoms with Crippen LogP contribution in [0.4, 0.5) is 5.82 Å². The van der Waals surface area contributed by atoms with Gasteiger partial charge in [-0.15, -0.1) is 10.2 Å². The molecule has 0 saturated heterocycles. The van der Waals surface area contributed by atoms with Crippen LogP contribution >= 0.6 is 0 Å². The van der Waals surface area contributed by atoms with Gasteiger partial charge in [0.05, 0.1) is 0 Å². The standard InChI is InChI=1S/C11H15N5O2/c1-7-13-14-9-8(12-5-6-16(7)9)15(4)11(2,3)10(17)18/h5-6H,1-4H3,(H,17,18). The number of hydrogen-bond donors (Lipinski definition) is 1. The van der Waals surface area contributed by atoms with Crippen LogP contribution in [0.2, 0.25) is 0 Å². The molecule has 2 heterocycles.